The van der Waals surface area contributed by atoms with Gasteiger partial charge >= 0.3 is 0 Å². The number of hydrogen-bond donors (Lipinski definition) is 0. The molecule has 0 spiro atoms. The van der Waals surface area contributed by atoms with E-state index in [0.717, 1.165) is 6.42 Å². The van der Waals surface area contributed by atoms with Gasteiger partial charge in [-0.25, -0.2) is 0 Å². The highest BCUT2D eigenvalue weighted by molar-refractivity contribution is 5.81. The molecule has 0 aliphatic rings. The summed E-state index contributed by atoms with van der Waals surface area (Å²) in [6, 6.07) is 3.95. The number of nitrogens with zero attached hydrogens (tertiary/aromatic N) is 1. The van der Waals surface area contributed by atoms with E-state index in [0.29, 0.717) is 0 Å². The fourth-order valence-electron chi connectivity index (χ4n) is 0.697. The van der Waals surface area contributed by atoms with Crippen LogP contribution < -0.4 is 0 Å². The second-order valence-electron chi connectivity index (χ2n) is 4.32. The third kappa shape index (κ3) is 16.6. The minimum Gasteiger partial charge on any atom is -0.299 e. The van der Waals surface area contributed by atoms with Crippen molar-refractivity contribution < 1.29 is 4.79 Å². The highest BCUT2D eigenvalue weighted by atomic mass is 16.1. The number of carbonyl (C=O) groups is 1. The first-order valence-electron chi connectivity index (χ1n) is 6.78. The van der Waals surface area contributed by atoms with Gasteiger partial charge < -0.3 is 0 Å². The van der Waals surface area contributed by atoms with E-state index in [2.05, 4.69) is 18.1 Å². The van der Waals surface area contributed by atoms with Crippen LogP contribution in [0.4, 0.5) is 0 Å². The molecule has 0 unspecified atom stereocenters. The van der Waals surface area contributed by atoms with E-state index in [1.165, 1.54) is 5.56 Å². The molecule has 0 fully saturated rings. The Morgan fingerprint density at radius 3 is 1.85 bits per heavy atom. The van der Waals surface area contributed by atoms with Crippen molar-refractivity contribution in [3.05, 3.63) is 43.2 Å². The molecule has 0 amide bonds. The van der Waals surface area contributed by atoms with E-state index in [9.17, 15) is 4.79 Å². The van der Waals surface area contributed by atoms with Crippen LogP contribution in [-0.2, 0) is 4.79 Å². The number of hydrogen-bond acceptors (Lipinski definition) is 2. The minimum absolute atomic E-state index is 0. The van der Waals surface area contributed by atoms with Gasteiger partial charge in [-0.3, -0.25) is 9.78 Å². The highest BCUT2D eigenvalue weighted by Crippen LogP contribution is 2.19. The van der Waals surface area contributed by atoms with Crippen LogP contribution in [0.15, 0.2) is 37.7 Å². The third-order valence-electron chi connectivity index (χ3n) is 2.65. The van der Waals surface area contributed by atoms with Gasteiger partial charge in [0.25, 0.3) is 0 Å². The SMILES string of the molecule is C.C=C.CC.CCC(C)(C)C(C)=O.Cc1cccnc1. The molecule has 2 heteroatoms. The molecule has 0 N–H and O–H groups in total. The molecule has 0 aliphatic carbocycles. The van der Waals surface area contributed by atoms with E-state index in [1.807, 2.05) is 59.9 Å². The van der Waals surface area contributed by atoms with Crippen molar-refractivity contribution in [2.45, 2.75) is 62.3 Å². The first-order chi connectivity index (χ1) is 8.90. The van der Waals surface area contributed by atoms with Crippen LogP contribution in [0.2, 0.25) is 0 Å². The molecule has 20 heavy (non-hydrogen) atoms. The molecule has 0 aromatic carbocycles. The topological polar surface area (TPSA) is 30.0 Å². The van der Waals surface area contributed by atoms with Gasteiger partial charge in [0.15, 0.2) is 0 Å². The lowest BCUT2D eigenvalue weighted by Gasteiger charge is -2.17. The van der Waals surface area contributed by atoms with Crippen LogP contribution in [0.5, 0.6) is 0 Å². The summed E-state index contributed by atoms with van der Waals surface area (Å²) < 4.78 is 0. The molecule has 0 saturated carbocycles. The third-order valence-corrected chi connectivity index (χ3v) is 2.65. The maximum Gasteiger partial charge on any atom is 0.135 e. The smallest absolute Gasteiger partial charge is 0.135 e. The summed E-state index contributed by atoms with van der Waals surface area (Å²) in [4.78, 5) is 14.6. The van der Waals surface area contributed by atoms with Crippen molar-refractivity contribution in [1.29, 1.82) is 0 Å². The lowest BCUT2D eigenvalue weighted by atomic mass is 9.86. The zero-order valence-corrected chi connectivity index (χ0v) is 13.8. The van der Waals surface area contributed by atoms with Gasteiger partial charge in [0.2, 0.25) is 0 Å². The molecular formula is C18H35NO. The molecule has 1 aromatic heterocycles. The quantitative estimate of drug-likeness (QED) is 0.635. The molecule has 0 radical (unpaired) electrons. The Balaban J connectivity index is -0.0000000986. The van der Waals surface area contributed by atoms with Gasteiger partial charge in [-0.15, -0.1) is 13.2 Å². The molecule has 118 valence electrons. The maximum atomic E-state index is 10.7. The summed E-state index contributed by atoms with van der Waals surface area (Å²) in [7, 11) is 0. The molecule has 1 rings (SSSR count). The number of Topliss-reactive ketones (excluding diaryl/α,β-unsaturated/α-hetero) is 1. The molecule has 0 atom stereocenters. The second-order valence-corrected chi connectivity index (χ2v) is 4.32. The predicted molar refractivity (Wildman–Crippen MR) is 93.1 cm³/mol. The van der Waals surface area contributed by atoms with Gasteiger partial charge in [0.05, 0.1) is 0 Å². The number of pyridine rings is 1. The van der Waals surface area contributed by atoms with Crippen LogP contribution in [0.1, 0.15) is 61.0 Å². The van der Waals surface area contributed by atoms with E-state index < -0.39 is 0 Å². The van der Waals surface area contributed by atoms with E-state index >= 15 is 0 Å². The summed E-state index contributed by atoms with van der Waals surface area (Å²) in [6.07, 6.45) is 4.54. The molecule has 0 saturated heterocycles. The van der Waals surface area contributed by atoms with E-state index in [1.54, 1.807) is 13.1 Å². The minimum atomic E-state index is -0.0972. The summed E-state index contributed by atoms with van der Waals surface area (Å²) in [5.41, 5.74) is 1.11. The first-order valence-corrected chi connectivity index (χ1v) is 6.78. The second kappa shape index (κ2) is 17.6. The first kappa shape index (κ1) is 27.0. The summed E-state index contributed by atoms with van der Waals surface area (Å²) in [6.45, 7) is 19.6. The summed E-state index contributed by atoms with van der Waals surface area (Å²) >= 11 is 0. The summed E-state index contributed by atoms with van der Waals surface area (Å²) in [5, 5.41) is 0. The molecular weight excluding hydrogens is 246 g/mol. The van der Waals surface area contributed by atoms with Gasteiger partial charge in [-0.05, 0) is 31.9 Å². The molecule has 0 bridgehead atoms. The standard InChI is InChI=1S/C7H14O.C6H7N.C2H6.C2H4.CH4/c1-5-7(3,4)6(2)8;1-6-3-2-4-7-5-6;2*1-2;/h5H2,1-4H3;2-5H,1H3;1-2H3;1-2H2;1H4. The van der Waals surface area contributed by atoms with E-state index in [4.69, 9.17) is 0 Å². The zero-order chi connectivity index (χ0) is 15.9. The molecule has 0 aliphatic heterocycles. The van der Waals surface area contributed by atoms with Crippen molar-refractivity contribution in [1.82, 2.24) is 4.98 Å². The summed E-state index contributed by atoms with van der Waals surface area (Å²) in [5.74, 6) is 0.278. The Labute approximate surface area is 127 Å². The lowest BCUT2D eigenvalue weighted by molar-refractivity contribution is -0.124. The van der Waals surface area contributed by atoms with Crippen LogP contribution in [0.25, 0.3) is 0 Å². The fraction of sp³-hybridized carbons (Fsp3) is 0.556. The largest absolute Gasteiger partial charge is 0.299 e. The lowest BCUT2D eigenvalue weighted by Crippen LogP contribution is -2.19. The number of aryl methyl sites for hydroxylation is 1. The van der Waals surface area contributed by atoms with Crippen molar-refractivity contribution in [2.75, 3.05) is 0 Å². The normalized spacial score (nSPS) is 8.15. The van der Waals surface area contributed by atoms with Crippen LogP contribution in [-0.4, -0.2) is 10.8 Å². The Bertz CT molecular complexity index is 304. The maximum absolute atomic E-state index is 10.7. The van der Waals surface area contributed by atoms with Crippen molar-refractivity contribution in [3.63, 3.8) is 0 Å². The average Bonchev–Trinajstić information content (AvgIpc) is 2.44. The highest BCUT2D eigenvalue weighted by Gasteiger charge is 2.19. The number of ketones is 1. The van der Waals surface area contributed by atoms with Gasteiger partial charge in [-0.1, -0.05) is 48.1 Å². The van der Waals surface area contributed by atoms with Gasteiger partial charge in [-0.2, -0.15) is 0 Å². The zero-order valence-electron chi connectivity index (χ0n) is 13.8. The average molecular weight is 281 g/mol. The van der Waals surface area contributed by atoms with Crippen LogP contribution in [0, 0.1) is 12.3 Å². The Morgan fingerprint density at radius 1 is 1.30 bits per heavy atom. The van der Waals surface area contributed by atoms with Crippen molar-refractivity contribution in [2.24, 2.45) is 5.41 Å². The predicted octanol–water partition coefficient (Wildman–Crippen LogP) is 5.87. The van der Waals surface area contributed by atoms with Gasteiger partial charge in [0, 0.05) is 17.8 Å². The number of aromatic nitrogens is 1. The van der Waals surface area contributed by atoms with Crippen LogP contribution >= 0.6 is 0 Å². The number of rotatable bonds is 2. The Hall–Kier alpha value is -1.44. The monoisotopic (exact) mass is 281 g/mol. The molecule has 2 nitrogen and oxygen atoms in total. The Kier molecular flexibility index (Phi) is 23.7. The number of carbonyl (C=O) groups excluding carboxylic acids is 1. The van der Waals surface area contributed by atoms with Gasteiger partial charge in [0.1, 0.15) is 5.78 Å². The molecule has 1 heterocycles. The Morgan fingerprint density at radius 2 is 1.75 bits per heavy atom. The van der Waals surface area contributed by atoms with E-state index in [-0.39, 0.29) is 18.6 Å². The molecule has 1 aromatic rings. The van der Waals surface area contributed by atoms with Crippen molar-refractivity contribution >= 4 is 5.78 Å². The van der Waals surface area contributed by atoms with Crippen molar-refractivity contribution in [3.8, 4) is 0 Å². The van der Waals surface area contributed by atoms with Crippen LogP contribution in [0.3, 0.4) is 0 Å². The fourth-order valence-corrected chi connectivity index (χ4v) is 0.697.